The molecule has 0 unspecified atom stereocenters. The molecule has 2 N–H and O–H groups in total. The van der Waals surface area contributed by atoms with E-state index in [1.54, 1.807) is 43.8 Å². The number of aromatic nitrogens is 2. The summed E-state index contributed by atoms with van der Waals surface area (Å²) in [6.45, 7) is 0. The van der Waals surface area contributed by atoms with Gasteiger partial charge in [-0.3, -0.25) is 0 Å². The number of hydrogen-bond acceptors (Lipinski definition) is 7. The molecule has 0 aliphatic heterocycles. The van der Waals surface area contributed by atoms with Crippen molar-refractivity contribution < 1.29 is 18.8 Å². The summed E-state index contributed by atoms with van der Waals surface area (Å²) in [5, 5.41) is 11.7. The number of benzene rings is 2. The number of thiophene rings is 1. The van der Waals surface area contributed by atoms with Crippen molar-refractivity contribution in [2.45, 2.75) is 6.42 Å². The maximum absolute atomic E-state index is 12.6. The van der Waals surface area contributed by atoms with E-state index in [2.05, 4.69) is 20.8 Å². The Labute approximate surface area is 182 Å². The predicted molar refractivity (Wildman–Crippen MR) is 119 cm³/mol. The number of anilines is 2. The van der Waals surface area contributed by atoms with Crippen LogP contribution < -0.4 is 20.1 Å². The molecule has 31 heavy (non-hydrogen) atoms. The van der Waals surface area contributed by atoms with E-state index in [9.17, 15) is 4.79 Å². The molecule has 4 aromatic rings. The highest BCUT2D eigenvalue weighted by Crippen LogP contribution is 2.30. The molecule has 0 spiro atoms. The standard InChI is InChI=1S/C22H20N4O4S/c1-28-17-10-9-15(13-18(17)29-2)23-22(27)24-16-7-4-3-6-14(16)12-20-25-21(26-30-20)19-8-5-11-31-19/h3-11,13H,12H2,1-2H3,(H2,23,24,27). The van der Waals surface area contributed by atoms with Gasteiger partial charge in [0.2, 0.25) is 11.7 Å². The third-order valence-electron chi connectivity index (χ3n) is 4.46. The molecule has 2 heterocycles. The SMILES string of the molecule is COc1ccc(NC(=O)Nc2ccccc2Cc2nc(-c3cccs3)no2)cc1OC. The molecule has 9 heteroatoms. The summed E-state index contributed by atoms with van der Waals surface area (Å²) in [4.78, 5) is 17.9. The lowest BCUT2D eigenvalue weighted by molar-refractivity contribution is 0.262. The van der Waals surface area contributed by atoms with Crippen molar-refractivity contribution in [1.29, 1.82) is 0 Å². The Morgan fingerprint density at radius 3 is 2.65 bits per heavy atom. The quantitative estimate of drug-likeness (QED) is 0.421. The first-order valence-electron chi connectivity index (χ1n) is 9.40. The lowest BCUT2D eigenvalue weighted by Crippen LogP contribution is -2.20. The van der Waals surface area contributed by atoms with Crippen molar-refractivity contribution in [3.05, 3.63) is 71.4 Å². The number of urea groups is 1. The minimum atomic E-state index is -0.385. The first-order valence-corrected chi connectivity index (χ1v) is 10.3. The number of para-hydroxylation sites is 1. The van der Waals surface area contributed by atoms with E-state index in [1.165, 1.54) is 0 Å². The van der Waals surface area contributed by atoms with Gasteiger partial charge >= 0.3 is 6.03 Å². The molecule has 2 amide bonds. The van der Waals surface area contributed by atoms with Crippen molar-refractivity contribution in [2.24, 2.45) is 0 Å². The first-order chi connectivity index (χ1) is 15.2. The fourth-order valence-electron chi connectivity index (χ4n) is 2.99. The number of carbonyl (C=O) groups is 1. The number of rotatable bonds is 7. The summed E-state index contributed by atoms with van der Waals surface area (Å²) in [6.07, 6.45) is 0.394. The highest BCUT2D eigenvalue weighted by atomic mass is 32.1. The van der Waals surface area contributed by atoms with Crippen LogP contribution in [0, 0.1) is 0 Å². The van der Waals surface area contributed by atoms with Crippen LogP contribution >= 0.6 is 11.3 Å². The van der Waals surface area contributed by atoms with Gasteiger partial charge in [-0.25, -0.2) is 4.79 Å². The minimum Gasteiger partial charge on any atom is -0.493 e. The van der Waals surface area contributed by atoms with E-state index < -0.39 is 0 Å². The van der Waals surface area contributed by atoms with Crippen molar-refractivity contribution in [3.63, 3.8) is 0 Å². The van der Waals surface area contributed by atoms with Gasteiger partial charge in [-0.1, -0.05) is 29.4 Å². The largest absolute Gasteiger partial charge is 0.493 e. The van der Waals surface area contributed by atoms with E-state index in [1.807, 2.05) is 41.8 Å². The van der Waals surface area contributed by atoms with Crippen LogP contribution in [0.25, 0.3) is 10.7 Å². The average Bonchev–Trinajstić information content (AvgIpc) is 3.47. The van der Waals surface area contributed by atoms with Gasteiger partial charge in [0.1, 0.15) is 0 Å². The number of ether oxygens (including phenoxy) is 2. The van der Waals surface area contributed by atoms with E-state index in [-0.39, 0.29) is 6.03 Å². The zero-order valence-corrected chi connectivity index (χ0v) is 17.7. The molecule has 0 radical (unpaired) electrons. The summed E-state index contributed by atoms with van der Waals surface area (Å²) < 4.78 is 15.9. The van der Waals surface area contributed by atoms with E-state index >= 15 is 0 Å². The third-order valence-corrected chi connectivity index (χ3v) is 5.32. The molecule has 0 aliphatic rings. The van der Waals surface area contributed by atoms with Crippen molar-refractivity contribution >= 4 is 28.7 Å². The van der Waals surface area contributed by atoms with Gasteiger partial charge in [0.15, 0.2) is 11.5 Å². The van der Waals surface area contributed by atoms with Gasteiger partial charge in [-0.2, -0.15) is 4.98 Å². The Morgan fingerprint density at radius 2 is 1.87 bits per heavy atom. The lowest BCUT2D eigenvalue weighted by Gasteiger charge is -2.13. The van der Waals surface area contributed by atoms with Crippen LogP contribution in [-0.4, -0.2) is 30.4 Å². The minimum absolute atomic E-state index is 0.385. The molecular weight excluding hydrogens is 416 g/mol. The maximum atomic E-state index is 12.6. The second kappa shape index (κ2) is 9.31. The number of carbonyl (C=O) groups excluding carboxylic acids is 1. The number of nitrogens with zero attached hydrogens (tertiary/aromatic N) is 2. The Balaban J connectivity index is 1.45. The average molecular weight is 436 g/mol. The number of hydrogen-bond donors (Lipinski definition) is 2. The molecular formula is C22H20N4O4S. The summed E-state index contributed by atoms with van der Waals surface area (Å²) in [7, 11) is 3.10. The second-order valence-corrected chi connectivity index (χ2v) is 7.42. The van der Waals surface area contributed by atoms with Crippen LogP contribution in [0.2, 0.25) is 0 Å². The molecule has 2 aromatic carbocycles. The molecule has 0 aliphatic carbocycles. The highest BCUT2D eigenvalue weighted by Gasteiger charge is 2.14. The molecule has 2 aromatic heterocycles. The van der Waals surface area contributed by atoms with Gasteiger partial charge in [-0.05, 0) is 35.2 Å². The molecule has 8 nitrogen and oxygen atoms in total. The Bertz CT molecular complexity index is 1170. The lowest BCUT2D eigenvalue weighted by atomic mass is 10.1. The van der Waals surface area contributed by atoms with Crippen LogP contribution in [-0.2, 0) is 6.42 Å². The third kappa shape index (κ3) is 4.84. The van der Waals surface area contributed by atoms with Crippen LogP contribution in [0.4, 0.5) is 16.2 Å². The van der Waals surface area contributed by atoms with Crippen molar-refractivity contribution in [1.82, 2.24) is 10.1 Å². The van der Waals surface area contributed by atoms with E-state index in [0.29, 0.717) is 41.0 Å². The fraction of sp³-hybridized carbons (Fsp3) is 0.136. The maximum Gasteiger partial charge on any atom is 0.323 e. The number of nitrogens with one attached hydrogen (secondary N) is 2. The van der Waals surface area contributed by atoms with Crippen LogP contribution in [0.3, 0.4) is 0 Å². The van der Waals surface area contributed by atoms with Gasteiger partial charge in [0.05, 0.1) is 25.5 Å². The highest BCUT2D eigenvalue weighted by molar-refractivity contribution is 7.13. The molecule has 0 saturated heterocycles. The molecule has 0 atom stereocenters. The van der Waals surface area contributed by atoms with Crippen molar-refractivity contribution in [3.8, 4) is 22.2 Å². The fourth-order valence-corrected chi connectivity index (χ4v) is 3.64. The second-order valence-electron chi connectivity index (χ2n) is 6.47. The number of amides is 2. The first kappa shape index (κ1) is 20.4. The zero-order valence-electron chi connectivity index (χ0n) is 16.9. The Hall–Kier alpha value is -3.85. The van der Waals surface area contributed by atoms with Crippen LogP contribution in [0.1, 0.15) is 11.5 Å². The molecule has 4 rings (SSSR count). The van der Waals surface area contributed by atoms with Crippen molar-refractivity contribution in [2.75, 3.05) is 24.9 Å². The monoisotopic (exact) mass is 436 g/mol. The predicted octanol–water partition coefficient (Wildman–Crippen LogP) is 5.05. The zero-order chi connectivity index (χ0) is 21.6. The van der Waals surface area contributed by atoms with Gasteiger partial charge in [-0.15, -0.1) is 11.3 Å². The normalized spacial score (nSPS) is 10.5. The van der Waals surface area contributed by atoms with Gasteiger partial charge < -0.3 is 24.6 Å². The van der Waals surface area contributed by atoms with Gasteiger partial charge in [0.25, 0.3) is 0 Å². The molecule has 0 fully saturated rings. The summed E-state index contributed by atoms with van der Waals surface area (Å²) in [6, 6.07) is 16.1. The van der Waals surface area contributed by atoms with E-state index in [0.717, 1.165) is 10.4 Å². The molecule has 0 saturated carbocycles. The van der Waals surface area contributed by atoms with E-state index in [4.69, 9.17) is 14.0 Å². The number of methoxy groups -OCH3 is 2. The van der Waals surface area contributed by atoms with Crippen LogP contribution in [0.5, 0.6) is 11.5 Å². The Morgan fingerprint density at radius 1 is 1.03 bits per heavy atom. The summed E-state index contributed by atoms with van der Waals surface area (Å²) >= 11 is 1.55. The molecule has 0 bridgehead atoms. The summed E-state index contributed by atoms with van der Waals surface area (Å²) in [5.41, 5.74) is 2.08. The Kier molecular flexibility index (Phi) is 6.13. The topological polar surface area (TPSA) is 98.5 Å². The molecule has 158 valence electrons. The van der Waals surface area contributed by atoms with Crippen LogP contribution in [0.15, 0.2) is 64.5 Å². The smallest absolute Gasteiger partial charge is 0.323 e. The summed E-state index contributed by atoms with van der Waals surface area (Å²) in [5.74, 6) is 2.14. The van der Waals surface area contributed by atoms with Gasteiger partial charge in [0, 0.05) is 17.4 Å².